The van der Waals surface area contributed by atoms with Gasteiger partial charge in [0, 0.05) is 14.9 Å². The van der Waals surface area contributed by atoms with E-state index in [0.29, 0.717) is 16.1 Å². The van der Waals surface area contributed by atoms with E-state index in [1.807, 2.05) is 32.0 Å². The normalized spacial score (nSPS) is 10.5. The SMILES string of the molecule is Cc1sc(N)c(C(=O)c2cccc(Br)c2)c1C. The first kappa shape index (κ1) is 12.3. The summed E-state index contributed by atoms with van der Waals surface area (Å²) in [5.41, 5.74) is 8.19. The van der Waals surface area contributed by atoms with Crippen LogP contribution in [0.5, 0.6) is 0 Å². The molecule has 0 atom stereocenters. The van der Waals surface area contributed by atoms with Gasteiger partial charge in [-0.1, -0.05) is 28.1 Å². The molecule has 0 aliphatic heterocycles. The second kappa shape index (κ2) is 4.63. The van der Waals surface area contributed by atoms with Gasteiger partial charge in [-0.2, -0.15) is 0 Å². The Morgan fingerprint density at radius 3 is 2.59 bits per heavy atom. The van der Waals surface area contributed by atoms with Crippen LogP contribution in [0, 0.1) is 13.8 Å². The van der Waals surface area contributed by atoms with Gasteiger partial charge >= 0.3 is 0 Å². The van der Waals surface area contributed by atoms with E-state index in [9.17, 15) is 4.79 Å². The van der Waals surface area contributed by atoms with E-state index in [0.717, 1.165) is 14.9 Å². The van der Waals surface area contributed by atoms with Crippen LogP contribution in [0.15, 0.2) is 28.7 Å². The third kappa shape index (κ3) is 2.28. The van der Waals surface area contributed by atoms with Crippen LogP contribution in [0.4, 0.5) is 5.00 Å². The molecule has 0 unspecified atom stereocenters. The zero-order valence-corrected chi connectivity index (χ0v) is 12.0. The standard InChI is InChI=1S/C13H12BrNOS/c1-7-8(2)17-13(15)11(7)12(16)9-4-3-5-10(14)6-9/h3-6H,15H2,1-2H3. The van der Waals surface area contributed by atoms with E-state index in [1.54, 1.807) is 6.07 Å². The molecule has 0 fully saturated rings. The maximum Gasteiger partial charge on any atom is 0.196 e. The van der Waals surface area contributed by atoms with E-state index >= 15 is 0 Å². The van der Waals surface area contributed by atoms with Crippen LogP contribution in [0.25, 0.3) is 0 Å². The summed E-state index contributed by atoms with van der Waals surface area (Å²) in [7, 11) is 0. The van der Waals surface area contributed by atoms with Crippen LogP contribution in [-0.2, 0) is 0 Å². The number of hydrogen-bond acceptors (Lipinski definition) is 3. The fourth-order valence-electron chi connectivity index (χ4n) is 1.71. The van der Waals surface area contributed by atoms with Gasteiger partial charge in [0.25, 0.3) is 0 Å². The molecule has 0 aliphatic carbocycles. The number of rotatable bonds is 2. The van der Waals surface area contributed by atoms with Crippen molar-refractivity contribution in [2.75, 3.05) is 5.73 Å². The van der Waals surface area contributed by atoms with E-state index in [2.05, 4.69) is 15.9 Å². The minimum atomic E-state index is -0.00866. The number of aryl methyl sites for hydroxylation is 1. The first-order valence-electron chi connectivity index (χ1n) is 5.16. The number of anilines is 1. The molecule has 2 aromatic rings. The van der Waals surface area contributed by atoms with E-state index in [-0.39, 0.29) is 5.78 Å². The predicted molar refractivity (Wildman–Crippen MR) is 75.8 cm³/mol. The molecule has 0 saturated carbocycles. The fraction of sp³-hybridized carbons (Fsp3) is 0.154. The molecule has 2 nitrogen and oxygen atoms in total. The van der Waals surface area contributed by atoms with Crippen molar-refractivity contribution in [2.24, 2.45) is 0 Å². The summed E-state index contributed by atoms with van der Waals surface area (Å²) < 4.78 is 0.895. The summed E-state index contributed by atoms with van der Waals surface area (Å²) in [5, 5.41) is 0.602. The highest BCUT2D eigenvalue weighted by atomic mass is 79.9. The number of benzene rings is 1. The average molecular weight is 310 g/mol. The van der Waals surface area contributed by atoms with Gasteiger partial charge in [0.2, 0.25) is 0 Å². The molecule has 0 amide bonds. The van der Waals surface area contributed by atoms with E-state index in [1.165, 1.54) is 11.3 Å². The van der Waals surface area contributed by atoms with Crippen molar-refractivity contribution in [1.29, 1.82) is 0 Å². The number of nitrogens with two attached hydrogens (primary N) is 1. The molecule has 2 rings (SSSR count). The molecule has 1 aromatic carbocycles. The van der Waals surface area contributed by atoms with Gasteiger partial charge in [-0.15, -0.1) is 11.3 Å². The molecule has 0 saturated heterocycles. The Bertz CT molecular complexity index is 589. The summed E-state index contributed by atoms with van der Waals surface area (Å²) in [5.74, 6) is -0.00866. The monoisotopic (exact) mass is 309 g/mol. The topological polar surface area (TPSA) is 43.1 Å². The molecular formula is C13H12BrNOS. The van der Waals surface area contributed by atoms with Crippen LogP contribution in [0.1, 0.15) is 26.4 Å². The highest BCUT2D eigenvalue weighted by molar-refractivity contribution is 9.10. The summed E-state index contributed by atoms with van der Waals surface area (Å²) in [4.78, 5) is 13.5. The number of thiophene rings is 1. The highest BCUT2D eigenvalue weighted by Gasteiger charge is 2.19. The Morgan fingerprint density at radius 1 is 1.35 bits per heavy atom. The Morgan fingerprint density at radius 2 is 2.06 bits per heavy atom. The predicted octanol–water partition coefficient (Wildman–Crippen LogP) is 3.94. The molecule has 1 aromatic heterocycles. The zero-order valence-electron chi connectivity index (χ0n) is 9.58. The van der Waals surface area contributed by atoms with Crippen LogP contribution in [-0.4, -0.2) is 5.78 Å². The number of carbonyl (C=O) groups is 1. The Kier molecular flexibility index (Phi) is 3.35. The first-order chi connectivity index (χ1) is 8.00. The number of halogens is 1. The van der Waals surface area contributed by atoms with Crippen molar-refractivity contribution in [3.8, 4) is 0 Å². The molecule has 0 aliphatic rings. The number of hydrogen-bond donors (Lipinski definition) is 1. The lowest BCUT2D eigenvalue weighted by Crippen LogP contribution is -2.04. The molecule has 0 bridgehead atoms. The lowest BCUT2D eigenvalue weighted by molar-refractivity contribution is 0.103. The number of carbonyl (C=O) groups excluding carboxylic acids is 1. The van der Waals surface area contributed by atoms with Crippen LogP contribution < -0.4 is 5.73 Å². The summed E-state index contributed by atoms with van der Waals surface area (Å²) in [6.45, 7) is 3.92. The van der Waals surface area contributed by atoms with Crippen molar-refractivity contribution in [1.82, 2.24) is 0 Å². The van der Waals surface area contributed by atoms with Gasteiger partial charge in [-0.25, -0.2) is 0 Å². The molecule has 17 heavy (non-hydrogen) atoms. The van der Waals surface area contributed by atoms with Crippen LogP contribution in [0.2, 0.25) is 0 Å². The third-order valence-electron chi connectivity index (χ3n) is 2.73. The van der Waals surface area contributed by atoms with Crippen LogP contribution >= 0.6 is 27.3 Å². The van der Waals surface area contributed by atoms with Gasteiger partial charge in [0.15, 0.2) is 5.78 Å². The average Bonchev–Trinajstić information content (AvgIpc) is 2.52. The summed E-state index contributed by atoms with van der Waals surface area (Å²) in [6, 6.07) is 7.36. The Hall–Kier alpha value is -1.13. The van der Waals surface area contributed by atoms with Gasteiger partial charge in [0.05, 0.1) is 10.6 Å². The smallest absolute Gasteiger partial charge is 0.196 e. The second-order valence-corrected chi connectivity index (χ2v) is 6.03. The molecule has 0 radical (unpaired) electrons. The Balaban J connectivity index is 2.51. The minimum Gasteiger partial charge on any atom is -0.390 e. The van der Waals surface area contributed by atoms with Crippen molar-refractivity contribution in [2.45, 2.75) is 13.8 Å². The minimum absolute atomic E-state index is 0.00866. The lowest BCUT2D eigenvalue weighted by atomic mass is 10.0. The third-order valence-corrected chi connectivity index (χ3v) is 4.26. The second-order valence-electron chi connectivity index (χ2n) is 3.86. The maximum atomic E-state index is 12.4. The van der Waals surface area contributed by atoms with Gasteiger partial charge in [-0.3, -0.25) is 4.79 Å². The molecule has 1 heterocycles. The first-order valence-corrected chi connectivity index (χ1v) is 6.77. The number of ketones is 1. The molecule has 2 N–H and O–H groups in total. The molecule has 88 valence electrons. The van der Waals surface area contributed by atoms with Crippen molar-refractivity contribution < 1.29 is 4.79 Å². The summed E-state index contributed by atoms with van der Waals surface area (Å²) >= 11 is 4.83. The van der Waals surface area contributed by atoms with E-state index < -0.39 is 0 Å². The maximum absolute atomic E-state index is 12.4. The molecule has 0 spiro atoms. The van der Waals surface area contributed by atoms with Crippen molar-refractivity contribution in [3.05, 3.63) is 50.3 Å². The highest BCUT2D eigenvalue weighted by Crippen LogP contribution is 2.31. The largest absolute Gasteiger partial charge is 0.390 e. The lowest BCUT2D eigenvalue weighted by Gasteiger charge is -2.03. The quantitative estimate of drug-likeness (QED) is 0.854. The summed E-state index contributed by atoms with van der Waals surface area (Å²) in [6.07, 6.45) is 0. The van der Waals surface area contributed by atoms with Gasteiger partial charge in [0.1, 0.15) is 0 Å². The van der Waals surface area contributed by atoms with Crippen molar-refractivity contribution >= 4 is 38.1 Å². The fourth-order valence-corrected chi connectivity index (χ4v) is 3.04. The van der Waals surface area contributed by atoms with Crippen molar-refractivity contribution in [3.63, 3.8) is 0 Å². The molecular weight excluding hydrogens is 298 g/mol. The molecule has 4 heteroatoms. The van der Waals surface area contributed by atoms with E-state index in [4.69, 9.17) is 5.73 Å². The zero-order chi connectivity index (χ0) is 12.6. The Labute approximate surface area is 113 Å². The number of nitrogen functional groups attached to an aromatic ring is 1. The van der Waals surface area contributed by atoms with Crippen LogP contribution in [0.3, 0.4) is 0 Å². The van der Waals surface area contributed by atoms with Gasteiger partial charge < -0.3 is 5.73 Å². The van der Waals surface area contributed by atoms with Gasteiger partial charge in [-0.05, 0) is 31.5 Å².